The van der Waals surface area contributed by atoms with E-state index >= 15 is 0 Å². The highest BCUT2D eigenvalue weighted by Gasteiger charge is 2.23. The highest BCUT2D eigenvalue weighted by molar-refractivity contribution is 5.85. The zero-order valence-electron chi connectivity index (χ0n) is 11.5. The van der Waals surface area contributed by atoms with Crippen molar-refractivity contribution in [3.63, 3.8) is 0 Å². The Morgan fingerprint density at radius 2 is 1.95 bits per heavy atom. The van der Waals surface area contributed by atoms with E-state index in [0.717, 1.165) is 31.4 Å². The summed E-state index contributed by atoms with van der Waals surface area (Å²) in [5.74, 6) is -0.234. The van der Waals surface area contributed by atoms with E-state index in [4.69, 9.17) is 0 Å². The molecule has 1 aliphatic rings. The second-order valence-electron chi connectivity index (χ2n) is 4.84. The van der Waals surface area contributed by atoms with Gasteiger partial charge in [0.2, 0.25) is 5.91 Å². The molecule has 1 unspecified atom stereocenters. The Morgan fingerprint density at radius 1 is 1.30 bits per heavy atom. The Morgan fingerprint density at radius 3 is 2.55 bits per heavy atom. The van der Waals surface area contributed by atoms with Gasteiger partial charge >= 0.3 is 0 Å². The van der Waals surface area contributed by atoms with E-state index in [0.29, 0.717) is 6.04 Å². The largest absolute Gasteiger partial charge is 0.289 e. The van der Waals surface area contributed by atoms with E-state index in [1.807, 2.05) is 17.1 Å². The highest BCUT2D eigenvalue weighted by Crippen LogP contribution is 2.19. The van der Waals surface area contributed by atoms with E-state index < -0.39 is 0 Å². The lowest BCUT2D eigenvalue weighted by molar-refractivity contribution is -0.125. The van der Waals surface area contributed by atoms with Gasteiger partial charge < -0.3 is 0 Å². The first-order valence-electron chi connectivity index (χ1n) is 6.43. The number of benzene rings is 1. The van der Waals surface area contributed by atoms with Crippen LogP contribution in [0, 0.1) is 5.82 Å². The van der Waals surface area contributed by atoms with Crippen LogP contribution in [0.25, 0.3) is 0 Å². The second kappa shape index (κ2) is 9.16. The molecule has 6 heteroatoms. The number of hydrogen-bond acceptors (Lipinski definition) is 2. The number of carbonyl (C=O) groups is 1. The van der Waals surface area contributed by atoms with Gasteiger partial charge in [0, 0.05) is 19.5 Å². The van der Waals surface area contributed by atoms with Gasteiger partial charge in [0.15, 0.2) is 0 Å². The quantitative estimate of drug-likeness (QED) is 0.927. The van der Waals surface area contributed by atoms with Crippen LogP contribution < -0.4 is 5.43 Å². The molecule has 2 rings (SSSR count). The number of piperidine rings is 1. The number of hydrogen-bond donors (Lipinski definition) is 1. The second-order valence-corrected chi connectivity index (χ2v) is 4.84. The number of halogens is 3. The van der Waals surface area contributed by atoms with Crippen LogP contribution in [0.3, 0.4) is 0 Å². The zero-order valence-corrected chi connectivity index (χ0v) is 13.1. The molecule has 20 heavy (non-hydrogen) atoms. The Kier molecular flexibility index (Phi) is 8.78. The maximum atomic E-state index is 12.8. The highest BCUT2D eigenvalue weighted by atomic mass is 35.5. The Hall–Kier alpha value is -0.840. The molecule has 1 aromatic carbocycles. The van der Waals surface area contributed by atoms with Crippen molar-refractivity contribution >= 4 is 30.7 Å². The normalized spacial score (nSPS) is 18.6. The smallest absolute Gasteiger partial charge is 0.231 e. The van der Waals surface area contributed by atoms with Gasteiger partial charge in [-0.1, -0.05) is 18.6 Å². The van der Waals surface area contributed by atoms with Crippen molar-refractivity contribution in [2.24, 2.45) is 0 Å². The number of hydrazine groups is 1. The Labute approximate surface area is 131 Å². The summed E-state index contributed by atoms with van der Waals surface area (Å²) in [6.45, 7) is 2.43. The van der Waals surface area contributed by atoms with Gasteiger partial charge in [-0.3, -0.25) is 10.2 Å². The van der Waals surface area contributed by atoms with Crippen LogP contribution in [-0.2, 0) is 11.2 Å². The van der Waals surface area contributed by atoms with Crippen LogP contribution in [0.1, 0.15) is 31.7 Å². The average Bonchev–Trinajstić information content (AvgIpc) is 2.34. The molecule has 0 spiro atoms. The molecule has 1 fully saturated rings. The molecule has 114 valence electrons. The van der Waals surface area contributed by atoms with Crippen LogP contribution in [-0.4, -0.2) is 23.5 Å². The van der Waals surface area contributed by atoms with E-state index in [1.165, 1.54) is 25.5 Å². The van der Waals surface area contributed by atoms with E-state index in [1.54, 1.807) is 0 Å². The van der Waals surface area contributed by atoms with Gasteiger partial charge in [0.1, 0.15) is 5.82 Å². The van der Waals surface area contributed by atoms with Crippen LogP contribution in [0.15, 0.2) is 24.3 Å². The fourth-order valence-corrected chi connectivity index (χ4v) is 2.45. The molecule has 1 saturated heterocycles. The van der Waals surface area contributed by atoms with Crippen molar-refractivity contribution in [1.82, 2.24) is 10.4 Å². The topological polar surface area (TPSA) is 32.3 Å². The van der Waals surface area contributed by atoms with Crippen molar-refractivity contribution in [3.8, 4) is 0 Å². The molecule has 1 atom stereocenters. The molecule has 1 aromatic rings. The summed E-state index contributed by atoms with van der Waals surface area (Å²) in [6.07, 6.45) is 4.21. The van der Waals surface area contributed by atoms with E-state index in [-0.39, 0.29) is 36.5 Å². The lowest BCUT2D eigenvalue weighted by Crippen LogP contribution is -2.51. The summed E-state index contributed by atoms with van der Waals surface area (Å²) in [4.78, 5) is 11.2. The van der Waals surface area contributed by atoms with Crippen LogP contribution in [0.2, 0.25) is 0 Å². The number of amides is 1. The molecule has 0 aromatic heterocycles. The third kappa shape index (κ3) is 5.65. The summed E-state index contributed by atoms with van der Waals surface area (Å²) >= 11 is 0. The molecule has 1 heterocycles. The molecule has 1 N–H and O–H groups in total. The number of carbonyl (C=O) groups excluding carboxylic acids is 1. The summed E-state index contributed by atoms with van der Waals surface area (Å²) in [5.41, 5.74) is 3.99. The molecule has 1 amide bonds. The summed E-state index contributed by atoms with van der Waals surface area (Å²) in [7, 11) is 0. The first-order chi connectivity index (χ1) is 8.65. The fourth-order valence-electron chi connectivity index (χ4n) is 2.45. The summed E-state index contributed by atoms with van der Waals surface area (Å²) in [5, 5.41) is 2.02. The van der Waals surface area contributed by atoms with Crippen molar-refractivity contribution in [2.75, 3.05) is 6.54 Å². The van der Waals surface area contributed by atoms with Gasteiger partial charge in [-0.05, 0) is 37.0 Å². The predicted molar refractivity (Wildman–Crippen MR) is 82.8 cm³/mol. The third-order valence-corrected chi connectivity index (χ3v) is 3.31. The predicted octanol–water partition coefficient (Wildman–Crippen LogP) is 3.12. The molecule has 0 bridgehead atoms. The minimum atomic E-state index is -0.207. The molecule has 0 radical (unpaired) electrons. The van der Waals surface area contributed by atoms with Crippen molar-refractivity contribution in [3.05, 3.63) is 35.6 Å². The minimum Gasteiger partial charge on any atom is -0.289 e. The average molecular weight is 323 g/mol. The van der Waals surface area contributed by atoms with Gasteiger partial charge in [-0.15, -0.1) is 24.8 Å². The Bertz CT molecular complexity index is 414. The standard InChI is InChI=1S/C14H19FN2O.2ClH/c1-11(18)16-17-9-3-2-4-14(17)10-12-5-7-13(15)8-6-12;;/h5-8,14H,2-4,9-10H2,1H3,(H,16,18);2*1H. The van der Waals surface area contributed by atoms with Crippen molar-refractivity contribution in [1.29, 1.82) is 0 Å². The minimum absolute atomic E-state index is 0. The number of nitrogens with one attached hydrogen (secondary N) is 1. The monoisotopic (exact) mass is 322 g/mol. The SMILES string of the molecule is CC(=O)NN1CCCCC1Cc1ccc(F)cc1.Cl.Cl. The maximum Gasteiger partial charge on any atom is 0.231 e. The molecule has 3 nitrogen and oxygen atoms in total. The van der Waals surface area contributed by atoms with Crippen LogP contribution >= 0.6 is 24.8 Å². The molecule has 0 aliphatic carbocycles. The molecular weight excluding hydrogens is 302 g/mol. The summed E-state index contributed by atoms with van der Waals surface area (Å²) in [6, 6.07) is 6.92. The lowest BCUT2D eigenvalue weighted by atomic mass is 9.97. The number of rotatable bonds is 3. The zero-order chi connectivity index (χ0) is 13.0. The van der Waals surface area contributed by atoms with Crippen LogP contribution in [0.4, 0.5) is 4.39 Å². The van der Waals surface area contributed by atoms with Gasteiger partial charge in [0.05, 0.1) is 0 Å². The van der Waals surface area contributed by atoms with E-state index in [9.17, 15) is 9.18 Å². The fraction of sp³-hybridized carbons (Fsp3) is 0.500. The van der Waals surface area contributed by atoms with E-state index in [2.05, 4.69) is 5.43 Å². The first kappa shape index (κ1) is 19.2. The van der Waals surface area contributed by atoms with Crippen molar-refractivity contribution in [2.45, 2.75) is 38.6 Å². The maximum absolute atomic E-state index is 12.8. The molecule has 0 saturated carbocycles. The lowest BCUT2D eigenvalue weighted by Gasteiger charge is -2.35. The first-order valence-corrected chi connectivity index (χ1v) is 6.43. The van der Waals surface area contributed by atoms with Gasteiger partial charge in [0.25, 0.3) is 0 Å². The molecule has 1 aliphatic heterocycles. The van der Waals surface area contributed by atoms with Crippen molar-refractivity contribution < 1.29 is 9.18 Å². The van der Waals surface area contributed by atoms with Gasteiger partial charge in [-0.2, -0.15) is 0 Å². The third-order valence-electron chi connectivity index (χ3n) is 3.31. The number of nitrogens with zero attached hydrogens (tertiary/aromatic N) is 1. The Balaban J connectivity index is 0.00000180. The molecular formula is C14H21Cl2FN2O. The van der Waals surface area contributed by atoms with Crippen LogP contribution in [0.5, 0.6) is 0 Å². The van der Waals surface area contributed by atoms with Gasteiger partial charge in [-0.25, -0.2) is 9.40 Å². The summed E-state index contributed by atoms with van der Waals surface area (Å²) < 4.78 is 12.8.